The van der Waals surface area contributed by atoms with E-state index in [9.17, 15) is 0 Å². The third-order valence-electron chi connectivity index (χ3n) is 3.82. The van der Waals surface area contributed by atoms with E-state index >= 15 is 0 Å². The van der Waals surface area contributed by atoms with Crippen molar-refractivity contribution in [3.8, 4) is 0 Å². The van der Waals surface area contributed by atoms with Gasteiger partial charge >= 0.3 is 0 Å². The number of hydrogen-bond acceptors (Lipinski definition) is 2. The topological polar surface area (TPSA) is 9.23 Å². The van der Waals surface area contributed by atoms with Gasteiger partial charge in [0, 0.05) is 17.1 Å². The molecule has 0 atom stereocenters. The normalized spacial score (nSPS) is 28.4. The molecule has 0 spiro atoms. The van der Waals surface area contributed by atoms with Crippen LogP contribution in [0.15, 0.2) is 0 Å². The maximum atomic E-state index is 5.41. The second kappa shape index (κ2) is 5.58. The Bertz CT molecular complexity index is 181. The second-order valence-electron chi connectivity index (χ2n) is 5.51. The van der Waals surface area contributed by atoms with Gasteiger partial charge < -0.3 is 4.74 Å². The summed E-state index contributed by atoms with van der Waals surface area (Å²) in [5.41, 5.74) is 0. The molecule has 1 nitrogen and oxygen atoms in total. The molecule has 0 unspecified atom stereocenters. The van der Waals surface area contributed by atoms with E-state index in [1.807, 2.05) is 7.11 Å². The van der Waals surface area contributed by atoms with Crippen molar-refractivity contribution < 1.29 is 4.74 Å². The number of ether oxygens (including phenoxy) is 1. The maximum Gasteiger partial charge on any atom is 0.0572 e. The standard InChI is InChI=1S/C13H26OS/c1-10(2)13(3,4)15-12-8-6-11(14-5)7-9-12/h10-12H,6-9H2,1-5H3. The van der Waals surface area contributed by atoms with Crippen LogP contribution in [-0.4, -0.2) is 23.2 Å². The van der Waals surface area contributed by atoms with Crippen molar-refractivity contribution in [3.05, 3.63) is 0 Å². The van der Waals surface area contributed by atoms with Crippen molar-refractivity contribution >= 4 is 11.8 Å². The Hall–Kier alpha value is 0.310. The SMILES string of the molecule is COC1CCC(SC(C)(C)C(C)C)CC1. The molecule has 2 heteroatoms. The lowest BCUT2D eigenvalue weighted by Crippen LogP contribution is -2.29. The Morgan fingerprint density at radius 2 is 1.67 bits per heavy atom. The van der Waals surface area contributed by atoms with E-state index in [1.54, 1.807) is 0 Å². The van der Waals surface area contributed by atoms with Crippen LogP contribution in [0.25, 0.3) is 0 Å². The third-order valence-corrected chi connectivity index (χ3v) is 5.70. The Balaban J connectivity index is 2.35. The van der Waals surface area contributed by atoms with Crippen LogP contribution >= 0.6 is 11.8 Å². The predicted molar refractivity (Wildman–Crippen MR) is 69.6 cm³/mol. The molecule has 0 aromatic carbocycles. The average Bonchev–Trinajstić information content (AvgIpc) is 2.18. The highest BCUT2D eigenvalue weighted by Gasteiger charge is 2.29. The second-order valence-corrected chi connectivity index (χ2v) is 7.46. The molecule has 0 heterocycles. The van der Waals surface area contributed by atoms with Gasteiger partial charge in [0.15, 0.2) is 0 Å². The Morgan fingerprint density at radius 3 is 2.07 bits per heavy atom. The zero-order chi connectivity index (χ0) is 11.5. The summed E-state index contributed by atoms with van der Waals surface area (Å²) in [4.78, 5) is 0. The largest absolute Gasteiger partial charge is 0.381 e. The monoisotopic (exact) mass is 230 g/mol. The molecule has 0 amide bonds. The summed E-state index contributed by atoms with van der Waals surface area (Å²) < 4.78 is 5.83. The van der Waals surface area contributed by atoms with Crippen molar-refractivity contribution in [1.82, 2.24) is 0 Å². The molecule has 0 aliphatic heterocycles. The van der Waals surface area contributed by atoms with E-state index in [4.69, 9.17) is 4.74 Å². The van der Waals surface area contributed by atoms with Gasteiger partial charge in [-0.1, -0.05) is 27.7 Å². The summed E-state index contributed by atoms with van der Waals surface area (Å²) in [7, 11) is 1.84. The highest BCUT2D eigenvalue weighted by atomic mass is 32.2. The van der Waals surface area contributed by atoms with Crippen molar-refractivity contribution in [2.45, 2.75) is 69.5 Å². The molecule has 0 radical (unpaired) electrons. The summed E-state index contributed by atoms with van der Waals surface area (Å²) in [6, 6.07) is 0. The Morgan fingerprint density at radius 1 is 1.13 bits per heavy atom. The van der Waals surface area contributed by atoms with Crippen LogP contribution in [0.4, 0.5) is 0 Å². The van der Waals surface area contributed by atoms with Crippen LogP contribution in [0, 0.1) is 5.92 Å². The zero-order valence-corrected chi connectivity index (χ0v) is 11.7. The first-order valence-electron chi connectivity index (χ1n) is 6.16. The van der Waals surface area contributed by atoms with Gasteiger partial charge in [0.2, 0.25) is 0 Å². The lowest BCUT2D eigenvalue weighted by Gasteiger charge is -2.36. The summed E-state index contributed by atoms with van der Waals surface area (Å²) in [6.07, 6.45) is 5.70. The number of rotatable bonds is 4. The molecule has 0 aromatic rings. The van der Waals surface area contributed by atoms with Gasteiger partial charge in [-0.3, -0.25) is 0 Å². The van der Waals surface area contributed by atoms with E-state index in [1.165, 1.54) is 25.7 Å². The van der Waals surface area contributed by atoms with Gasteiger partial charge in [0.05, 0.1) is 6.10 Å². The first-order valence-corrected chi connectivity index (χ1v) is 7.04. The van der Waals surface area contributed by atoms with Crippen LogP contribution < -0.4 is 0 Å². The number of hydrogen-bond donors (Lipinski definition) is 0. The number of thioether (sulfide) groups is 1. The van der Waals surface area contributed by atoms with Crippen molar-refractivity contribution in [3.63, 3.8) is 0 Å². The summed E-state index contributed by atoms with van der Waals surface area (Å²) in [5, 5.41) is 0.855. The van der Waals surface area contributed by atoms with Crippen LogP contribution in [0.1, 0.15) is 53.4 Å². The molecule has 15 heavy (non-hydrogen) atoms. The van der Waals surface area contributed by atoms with E-state index < -0.39 is 0 Å². The molecule has 0 bridgehead atoms. The lowest BCUT2D eigenvalue weighted by atomic mass is 9.97. The van der Waals surface area contributed by atoms with E-state index in [0.717, 1.165) is 11.2 Å². The quantitative estimate of drug-likeness (QED) is 0.719. The van der Waals surface area contributed by atoms with Gasteiger partial charge in [0.1, 0.15) is 0 Å². The van der Waals surface area contributed by atoms with Gasteiger partial charge in [-0.2, -0.15) is 11.8 Å². The molecule has 1 fully saturated rings. The first-order chi connectivity index (χ1) is 6.95. The minimum Gasteiger partial charge on any atom is -0.381 e. The van der Waals surface area contributed by atoms with Gasteiger partial charge in [-0.25, -0.2) is 0 Å². The van der Waals surface area contributed by atoms with E-state index in [2.05, 4.69) is 39.5 Å². The van der Waals surface area contributed by atoms with E-state index in [-0.39, 0.29) is 0 Å². The third kappa shape index (κ3) is 3.99. The Labute approximate surface area is 99.3 Å². The summed E-state index contributed by atoms with van der Waals surface area (Å²) >= 11 is 2.19. The van der Waals surface area contributed by atoms with Crippen LogP contribution in [-0.2, 0) is 4.74 Å². The molecule has 1 aliphatic carbocycles. The fourth-order valence-electron chi connectivity index (χ4n) is 1.95. The van der Waals surface area contributed by atoms with Gasteiger partial charge in [-0.15, -0.1) is 0 Å². The molecule has 0 aromatic heterocycles. The zero-order valence-electron chi connectivity index (χ0n) is 10.9. The molecule has 1 saturated carbocycles. The van der Waals surface area contributed by atoms with Crippen molar-refractivity contribution in [2.24, 2.45) is 5.92 Å². The minimum absolute atomic E-state index is 0.421. The highest BCUT2D eigenvalue weighted by Crippen LogP contribution is 2.40. The smallest absolute Gasteiger partial charge is 0.0572 e. The molecule has 90 valence electrons. The first kappa shape index (κ1) is 13.4. The molecule has 0 saturated heterocycles. The summed E-state index contributed by atoms with van der Waals surface area (Å²) in [5.74, 6) is 0.752. The highest BCUT2D eigenvalue weighted by molar-refractivity contribution is 8.01. The van der Waals surface area contributed by atoms with Gasteiger partial charge in [-0.05, 0) is 31.6 Å². The van der Waals surface area contributed by atoms with Gasteiger partial charge in [0.25, 0.3) is 0 Å². The molecular formula is C13H26OS. The molecule has 1 rings (SSSR count). The number of methoxy groups -OCH3 is 1. The predicted octanol–water partition coefficient (Wildman–Crippen LogP) is 4.11. The van der Waals surface area contributed by atoms with Crippen molar-refractivity contribution in [1.29, 1.82) is 0 Å². The van der Waals surface area contributed by atoms with Crippen molar-refractivity contribution in [2.75, 3.05) is 7.11 Å². The fraction of sp³-hybridized carbons (Fsp3) is 1.00. The average molecular weight is 230 g/mol. The fourth-order valence-corrected chi connectivity index (χ4v) is 3.59. The maximum absolute atomic E-state index is 5.41. The molecular weight excluding hydrogens is 204 g/mol. The summed E-state index contributed by atoms with van der Waals surface area (Å²) in [6.45, 7) is 9.41. The molecule has 0 N–H and O–H groups in total. The van der Waals surface area contributed by atoms with Crippen LogP contribution in [0.5, 0.6) is 0 Å². The van der Waals surface area contributed by atoms with E-state index in [0.29, 0.717) is 10.9 Å². The Kier molecular flexibility index (Phi) is 4.98. The van der Waals surface area contributed by atoms with Crippen LogP contribution in [0.3, 0.4) is 0 Å². The lowest BCUT2D eigenvalue weighted by molar-refractivity contribution is 0.0722. The minimum atomic E-state index is 0.421. The molecule has 1 aliphatic rings. The van der Waals surface area contributed by atoms with Crippen LogP contribution in [0.2, 0.25) is 0 Å².